The third-order valence-electron chi connectivity index (χ3n) is 8.55. The van der Waals surface area contributed by atoms with Crippen molar-refractivity contribution in [1.82, 2.24) is 19.5 Å². The van der Waals surface area contributed by atoms with Crippen LogP contribution in [-0.4, -0.2) is 25.6 Å². The number of para-hydroxylation sites is 2. The number of carboxylic acids is 1. The van der Waals surface area contributed by atoms with Crippen LogP contribution in [0.5, 0.6) is 0 Å². The maximum atomic E-state index is 11.8. The van der Waals surface area contributed by atoms with Crippen molar-refractivity contribution < 1.29 is 31.0 Å². The summed E-state index contributed by atoms with van der Waals surface area (Å²) in [5.41, 5.74) is 9.10. The summed E-state index contributed by atoms with van der Waals surface area (Å²) < 4.78 is 2.18. The van der Waals surface area contributed by atoms with Crippen LogP contribution in [0.4, 0.5) is 0 Å². The average Bonchev–Trinajstić information content (AvgIpc) is 3.58. The van der Waals surface area contributed by atoms with Gasteiger partial charge in [-0.05, 0) is 69.1 Å². The molecule has 3 aromatic heterocycles. The van der Waals surface area contributed by atoms with Crippen LogP contribution in [0.3, 0.4) is 0 Å². The van der Waals surface area contributed by atoms with Gasteiger partial charge >= 0.3 is 5.97 Å². The Hall–Kier alpha value is -4.54. The topological polar surface area (TPSA) is 82.1 Å². The van der Waals surface area contributed by atoms with Gasteiger partial charge in [0.25, 0.3) is 0 Å². The molecular weight excluding hydrogens is 752 g/mol. The summed E-state index contributed by atoms with van der Waals surface area (Å²) in [4.78, 5) is 26.8. The molecule has 234 valence electrons. The molecule has 0 bridgehead atoms. The van der Waals surface area contributed by atoms with Gasteiger partial charge in [0.2, 0.25) is 0 Å². The number of pyridine rings is 1. The Labute approximate surface area is 282 Å². The fraction of sp³-hybridized carbons (Fsp3) is 0.205. The number of hydrogen-bond donors (Lipinski definition) is 1. The Morgan fingerprint density at radius 3 is 2.11 bits per heavy atom. The molecule has 0 atom stereocenters. The van der Waals surface area contributed by atoms with Crippen molar-refractivity contribution in [2.75, 3.05) is 0 Å². The predicted molar refractivity (Wildman–Crippen MR) is 182 cm³/mol. The van der Waals surface area contributed by atoms with Crippen molar-refractivity contribution in [3.63, 3.8) is 0 Å². The summed E-state index contributed by atoms with van der Waals surface area (Å²) in [6.07, 6.45) is 0. The molecule has 4 aromatic carbocycles. The summed E-state index contributed by atoms with van der Waals surface area (Å²) in [6, 6.07) is 32.4. The van der Waals surface area contributed by atoms with Crippen LogP contribution in [0.15, 0.2) is 97.1 Å². The van der Waals surface area contributed by atoms with Crippen molar-refractivity contribution in [2.45, 2.75) is 52.4 Å². The van der Waals surface area contributed by atoms with Gasteiger partial charge in [0.15, 0.2) is 0 Å². The van der Waals surface area contributed by atoms with E-state index in [0.717, 1.165) is 55.5 Å². The molecule has 0 aliphatic rings. The number of fused-ring (bicyclic) bond motifs is 4. The van der Waals surface area contributed by atoms with Gasteiger partial charge in [0, 0.05) is 37.9 Å². The Morgan fingerprint density at radius 1 is 0.717 bits per heavy atom. The van der Waals surface area contributed by atoms with Gasteiger partial charge in [0.05, 0.1) is 16.7 Å². The zero-order valence-electron chi connectivity index (χ0n) is 26.7. The van der Waals surface area contributed by atoms with Crippen LogP contribution < -0.4 is 4.98 Å². The quantitative estimate of drug-likeness (QED) is 0.193. The first kappa shape index (κ1) is 31.4. The fourth-order valence-electron chi connectivity index (χ4n) is 6.03. The van der Waals surface area contributed by atoms with Crippen molar-refractivity contribution in [2.24, 2.45) is 0 Å². The Bertz CT molecular complexity index is 2270. The van der Waals surface area contributed by atoms with Gasteiger partial charge in [-0.2, -0.15) is 0 Å². The first-order valence-corrected chi connectivity index (χ1v) is 15.2. The molecule has 0 spiro atoms. The normalized spacial score (nSPS) is 12.1. The van der Waals surface area contributed by atoms with Crippen molar-refractivity contribution >= 4 is 38.8 Å². The van der Waals surface area contributed by atoms with Gasteiger partial charge in [-0.15, -0.1) is 11.0 Å². The molecule has 0 radical (unpaired) electrons. The maximum Gasteiger partial charge on any atom is 0.354 e. The van der Waals surface area contributed by atoms with Gasteiger partial charge in [-0.3, -0.25) is 4.57 Å². The number of aromatic carboxylic acids is 1. The van der Waals surface area contributed by atoms with Crippen molar-refractivity contribution in [1.29, 1.82) is 0 Å². The molecule has 46 heavy (non-hydrogen) atoms. The van der Waals surface area contributed by atoms with Crippen LogP contribution in [0.25, 0.3) is 61.2 Å². The van der Waals surface area contributed by atoms with E-state index in [4.69, 9.17) is 9.97 Å². The molecule has 0 aliphatic heterocycles. The molecule has 7 aromatic rings. The van der Waals surface area contributed by atoms with Gasteiger partial charge in [0.1, 0.15) is 11.5 Å². The zero-order chi connectivity index (χ0) is 31.7. The van der Waals surface area contributed by atoms with E-state index in [1.54, 1.807) is 6.07 Å². The minimum Gasteiger partial charge on any atom is -0.656 e. The predicted octanol–water partition coefficient (Wildman–Crippen LogP) is 9.31. The molecule has 0 unspecified atom stereocenters. The molecule has 0 amide bonds. The van der Waals surface area contributed by atoms with E-state index in [-0.39, 0.29) is 37.6 Å². The Morgan fingerprint density at radius 2 is 1.41 bits per heavy atom. The maximum absolute atomic E-state index is 11.8. The standard InChI is InChI=1S/C39H36N4O2.Pt/c1-38(2,3)23-18-19-31-27(20-23)28-21-24(39(4,5)6)22-29(34(28)41-31)36-42-35-26(30-15-11-16-32(40-30)37(44)45)14-10-17-33(35)43(36)25-12-8-7-9-13-25;/h7-22H,1-6H3,(H2,40,41,42,44,45);/p-1. The second-order valence-corrected chi connectivity index (χ2v) is 13.8. The van der Waals surface area contributed by atoms with E-state index >= 15 is 0 Å². The molecule has 7 heteroatoms. The minimum absolute atomic E-state index is 0. The van der Waals surface area contributed by atoms with Gasteiger partial charge < -0.3 is 10.1 Å². The Balaban J connectivity index is 0.00000372. The van der Waals surface area contributed by atoms with E-state index in [2.05, 4.69) is 99.6 Å². The van der Waals surface area contributed by atoms with Gasteiger partial charge in [-0.25, -0.2) is 14.8 Å². The molecular formula is C39H35N4O2Pt-. The summed E-state index contributed by atoms with van der Waals surface area (Å²) in [5, 5.41) is 11.9. The second kappa shape index (κ2) is 11.4. The molecule has 3 heterocycles. The smallest absolute Gasteiger partial charge is 0.354 e. The third kappa shape index (κ3) is 5.35. The van der Waals surface area contributed by atoms with Crippen LogP contribution in [-0.2, 0) is 31.9 Å². The van der Waals surface area contributed by atoms with Crippen LogP contribution in [0.2, 0.25) is 0 Å². The van der Waals surface area contributed by atoms with E-state index in [0.29, 0.717) is 5.69 Å². The third-order valence-corrected chi connectivity index (χ3v) is 8.55. The van der Waals surface area contributed by atoms with E-state index < -0.39 is 5.97 Å². The number of carboxylic acid groups (broad SMARTS) is 1. The number of carbonyl (C=O) groups is 1. The summed E-state index contributed by atoms with van der Waals surface area (Å²) >= 11 is 0. The van der Waals surface area contributed by atoms with Gasteiger partial charge in [-0.1, -0.05) is 102 Å². The second-order valence-electron chi connectivity index (χ2n) is 13.8. The monoisotopic (exact) mass is 786 g/mol. The molecule has 1 N–H and O–H groups in total. The number of hydrogen-bond acceptors (Lipinski definition) is 3. The zero-order valence-corrected chi connectivity index (χ0v) is 29.0. The number of benzene rings is 4. The average molecular weight is 787 g/mol. The molecule has 0 saturated heterocycles. The first-order chi connectivity index (χ1) is 21.4. The van der Waals surface area contributed by atoms with E-state index in [9.17, 15) is 9.90 Å². The fourth-order valence-corrected chi connectivity index (χ4v) is 6.03. The molecule has 0 aliphatic carbocycles. The Kier molecular flexibility index (Phi) is 7.77. The molecule has 7 rings (SSSR count). The summed E-state index contributed by atoms with van der Waals surface area (Å²) in [5.74, 6) is -0.294. The molecule has 0 fully saturated rings. The molecule has 0 saturated carbocycles. The summed E-state index contributed by atoms with van der Waals surface area (Å²) in [7, 11) is 0. The van der Waals surface area contributed by atoms with Crippen LogP contribution >= 0.6 is 0 Å². The van der Waals surface area contributed by atoms with Crippen molar-refractivity contribution in [3.05, 3.63) is 114 Å². The number of nitrogens with zero attached hydrogens (tertiary/aromatic N) is 4. The van der Waals surface area contributed by atoms with E-state index in [1.807, 2.05) is 36.4 Å². The number of imidazole rings is 1. The summed E-state index contributed by atoms with van der Waals surface area (Å²) in [6.45, 7) is 13.4. The number of rotatable bonds is 4. The van der Waals surface area contributed by atoms with Crippen LogP contribution in [0.1, 0.15) is 63.2 Å². The largest absolute Gasteiger partial charge is 0.656 e. The van der Waals surface area contributed by atoms with E-state index in [1.165, 1.54) is 17.2 Å². The first-order valence-electron chi connectivity index (χ1n) is 15.2. The minimum atomic E-state index is -1.06. The van der Waals surface area contributed by atoms with Crippen LogP contribution in [0, 0.1) is 0 Å². The van der Waals surface area contributed by atoms with Crippen molar-refractivity contribution in [3.8, 4) is 28.3 Å². The number of aromatic nitrogens is 4. The molecule has 6 nitrogen and oxygen atoms in total. The SMILES string of the molecule is CC(C)(C)c1ccc2[n-]c3c(-c4nc5c(-c6cccc(C(=O)O)n6)cccc5n4-c4ccccc4)cc(C(C)(C)C)cc3c2c1.[Pt].